The molecule has 3 N–H and O–H groups in total. The normalized spacial score (nSPS) is 11.6. The van der Waals surface area contributed by atoms with Crippen molar-refractivity contribution in [3.05, 3.63) is 119 Å². The highest BCUT2D eigenvalue weighted by Gasteiger charge is 2.36. The smallest absolute Gasteiger partial charge is 0.0948 e. The first-order chi connectivity index (χ1) is 13.2. The Morgan fingerprint density at radius 3 is 1.56 bits per heavy atom. The molecule has 3 heteroatoms. The Bertz CT molecular complexity index is 777. The molecule has 0 saturated heterocycles. The maximum atomic E-state index is 7.39. The molecular formula is C24H24N2S. The zero-order valence-electron chi connectivity index (χ0n) is 15.2. The summed E-state index contributed by atoms with van der Waals surface area (Å²) in [5.41, 5.74) is 9.19. The van der Waals surface area contributed by atoms with E-state index in [4.69, 9.17) is 11.1 Å². The van der Waals surface area contributed by atoms with Crippen molar-refractivity contribution in [3.63, 3.8) is 0 Å². The molecule has 0 heterocycles. The van der Waals surface area contributed by atoms with Crippen molar-refractivity contribution in [1.29, 1.82) is 5.41 Å². The summed E-state index contributed by atoms with van der Waals surface area (Å²) in [5, 5.41) is 9.54. The predicted octanol–water partition coefficient (Wildman–Crippen LogP) is 5.94. The highest BCUT2D eigenvalue weighted by Crippen LogP contribution is 2.48. The molecule has 0 aliphatic heterocycles. The monoisotopic (exact) mass is 372 g/mol. The first-order valence-electron chi connectivity index (χ1n) is 9.06. The molecule has 0 saturated carbocycles. The Labute approximate surface area is 165 Å². The van der Waals surface area contributed by atoms with Crippen LogP contribution in [0.4, 0.5) is 0 Å². The van der Waals surface area contributed by atoms with Gasteiger partial charge in [-0.15, -0.1) is 11.8 Å². The predicted molar refractivity (Wildman–Crippen MR) is 117 cm³/mol. The van der Waals surface area contributed by atoms with Crippen LogP contribution in [0.5, 0.6) is 0 Å². The van der Waals surface area contributed by atoms with E-state index in [0.29, 0.717) is 6.42 Å². The number of hydrogen-bond acceptors (Lipinski definition) is 2. The number of thioether (sulfide) groups is 1. The summed E-state index contributed by atoms with van der Waals surface area (Å²) < 4.78 is -0.337. The topological polar surface area (TPSA) is 49.9 Å². The number of allylic oxidation sites excluding steroid dienone is 1. The fourth-order valence-corrected chi connectivity index (χ4v) is 4.43. The molecule has 136 valence electrons. The van der Waals surface area contributed by atoms with Crippen LogP contribution in [-0.4, -0.2) is 5.84 Å². The van der Waals surface area contributed by atoms with E-state index in [1.807, 2.05) is 0 Å². The largest absolute Gasteiger partial charge is 0.388 e. The summed E-state index contributed by atoms with van der Waals surface area (Å²) >= 11 is 1.79. The van der Waals surface area contributed by atoms with Crippen LogP contribution in [0.2, 0.25) is 0 Å². The lowest BCUT2D eigenvalue weighted by molar-refractivity contribution is 0.900. The molecule has 27 heavy (non-hydrogen) atoms. The third kappa shape index (κ3) is 4.50. The third-order valence-electron chi connectivity index (χ3n) is 4.46. The summed E-state index contributed by atoms with van der Waals surface area (Å²) in [6.45, 7) is 0. The summed E-state index contributed by atoms with van der Waals surface area (Å²) in [6.07, 6.45) is 3.47. The van der Waals surface area contributed by atoms with E-state index in [-0.39, 0.29) is 10.6 Å². The van der Waals surface area contributed by atoms with Crippen LogP contribution in [0.1, 0.15) is 29.5 Å². The Kier molecular flexibility index (Phi) is 6.50. The van der Waals surface area contributed by atoms with Crippen LogP contribution < -0.4 is 5.73 Å². The lowest BCUT2D eigenvalue weighted by Gasteiger charge is -2.34. The van der Waals surface area contributed by atoms with Crippen LogP contribution in [0.15, 0.2) is 102 Å². The van der Waals surface area contributed by atoms with Crippen LogP contribution in [0.25, 0.3) is 0 Å². The fraction of sp³-hybridized carbons (Fsp3) is 0.125. The second-order valence-corrected chi connectivity index (χ2v) is 7.45. The van der Waals surface area contributed by atoms with Gasteiger partial charge in [0.1, 0.15) is 0 Å². The average molecular weight is 373 g/mol. The number of benzene rings is 3. The SMILES string of the molecule is N=C(N)CC/C=C\SC(c1ccccc1)(c1ccccc1)c1ccccc1. The molecule has 0 spiro atoms. The van der Waals surface area contributed by atoms with E-state index in [1.165, 1.54) is 16.7 Å². The van der Waals surface area contributed by atoms with Crippen molar-refractivity contribution in [1.82, 2.24) is 0 Å². The van der Waals surface area contributed by atoms with Gasteiger partial charge in [-0.1, -0.05) is 97.1 Å². The number of nitrogens with two attached hydrogens (primary N) is 1. The van der Waals surface area contributed by atoms with Gasteiger partial charge in [0.25, 0.3) is 0 Å². The van der Waals surface area contributed by atoms with Gasteiger partial charge < -0.3 is 5.73 Å². The zero-order valence-corrected chi connectivity index (χ0v) is 16.0. The number of rotatable bonds is 8. The minimum Gasteiger partial charge on any atom is -0.388 e. The van der Waals surface area contributed by atoms with E-state index >= 15 is 0 Å². The van der Waals surface area contributed by atoms with Crippen molar-refractivity contribution in [2.24, 2.45) is 5.73 Å². The lowest BCUT2D eigenvalue weighted by atomic mass is 9.84. The average Bonchev–Trinajstić information content (AvgIpc) is 2.73. The van der Waals surface area contributed by atoms with Gasteiger partial charge in [-0.3, -0.25) is 5.41 Å². The molecule has 0 aliphatic rings. The Hall–Kier alpha value is -2.78. The molecule has 0 aliphatic carbocycles. The van der Waals surface area contributed by atoms with Gasteiger partial charge in [-0.2, -0.15) is 0 Å². The van der Waals surface area contributed by atoms with Gasteiger partial charge in [0.05, 0.1) is 10.6 Å². The lowest BCUT2D eigenvalue weighted by Crippen LogP contribution is -2.24. The van der Waals surface area contributed by atoms with Gasteiger partial charge in [0, 0.05) is 6.42 Å². The Morgan fingerprint density at radius 2 is 1.19 bits per heavy atom. The molecule has 0 bridgehead atoms. The third-order valence-corrected chi connectivity index (χ3v) is 5.85. The van der Waals surface area contributed by atoms with Crippen LogP contribution in [-0.2, 0) is 4.75 Å². The number of amidine groups is 1. The quantitative estimate of drug-likeness (QED) is 0.292. The summed E-state index contributed by atoms with van der Waals surface area (Å²) in [7, 11) is 0. The Balaban J connectivity index is 2.10. The van der Waals surface area contributed by atoms with Crippen LogP contribution in [0.3, 0.4) is 0 Å². The highest BCUT2D eigenvalue weighted by atomic mass is 32.2. The van der Waals surface area contributed by atoms with Gasteiger partial charge >= 0.3 is 0 Å². The van der Waals surface area contributed by atoms with Crippen LogP contribution >= 0.6 is 11.8 Å². The summed E-state index contributed by atoms with van der Waals surface area (Å²) in [6, 6.07) is 31.9. The maximum absolute atomic E-state index is 7.39. The molecule has 0 aromatic heterocycles. The van der Waals surface area contributed by atoms with Crippen molar-refractivity contribution in [3.8, 4) is 0 Å². The van der Waals surface area contributed by atoms with E-state index in [9.17, 15) is 0 Å². The summed E-state index contributed by atoms with van der Waals surface area (Å²) in [4.78, 5) is 0. The molecule has 2 nitrogen and oxygen atoms in total. The van der Waals surface area contributed by atoms with Crippen molar-refractivity contribution >= 4 is 17.6 Å². The van der Waals surface area contributed by atoms with E-state index in [2.05, 4.69) is 102 Å². The Morgan fingerprint density at radius 1 is 0.778 bits per heavy atom. The van der Waals surface area contributed by atoms with Gasteiger partial charge in [-0.05, 0) is 28.5 Å². The fourth-order valence-electron chi connectivity index (χ4n) is 3.18. The number of nitrogens with one attached hydrogen (secondary N) is 1. The minimum absolute atomic E-state index is 0.227. The molecule has 3 aromatic rings. The molecule has 0 amide bonds. The molecule has 3 rings (SSSR count). The molecule has 0 fully saturated rings. The summed E-state index contributed by atoms with van der Waals surface area (Å²) in [5.74, 6) is 0.227. The first-order valence-corrected chi connectivity index (χ1v) is 9.94. The second kappa shape index (κ2) is 9.24. The van der Waals surface area contributed by atoms with Crippen molar-refractivity contribution in [2.75, 3.05) is 0 Å². The van der Waals surface area contributed by atoms with Crippen molar-refractivity contribution in [2.45, 2.75) is 17.6 Å². The van der Waals surface area contributed by atoms with E-state index in [0.717, 1.165) is 6.42 Å². The van der Waals surface area contributed by atoms with Gasteiger partial charge in [0.2, 0.25) is 0 Å². The molecule has 0 atom stereocenters. The molecular weight excluding hydrogens is 348 g/mol. The number of hydrogen-bond donors (Lipinski definition) is 2. The van der Waals surface area contributed by atoms with Crippen molar-refractivity contribution < 1.29 is 0 Å². The maximum Gasteiger partial charge on any atom is 0.0948 e. The molecule has 0 unspecified atom stereocenters. The first kappa shape index (κ1) is 19.0. The highest BCUT2D eigenvalue weighted by molar-refractivity contribution is 8.03. The standard InChI is InChI=1S/C24H24N2S/c25-23(26)18-10-11-19-27-24(20-12-4-1-5-13-20,21-14-6-2-7-15-21)22-16-8-3-9-17-22/h1-9,11-17,19H,10,18H2,(H3,25,26)/b19-11-. The van der Waals surface area contributed by atoms with E-state index < -0.39 is 0 Å². The zero-order chi connectivity index (χ0) is 19.0. The minimum atomic E-state index is -0.337. The second-order valence-electron chi connectivity index (χ2n) is 6.33. The van der Waals surface area contributed by atoms with E-state index in [1.54, 1.807) is 11.8 Å². The van der Waals surface area contributed by atoms with Crippen LogP contribution in [0, 0.1) is 5.41 Å². The molecule has 0 radical (unpaired) electrons. The molecule has 3 aromatic carbocycles. The van der Waals surface area contributed by atoms with Gasteiger partial charge in [-0.25, -0.2) is 0 Å². The van der Waals surface area contributed by atoms with Gasteiger partial charge in [0.15, 0.2) is 0 Å².